The van der Waals surface area contributed by atoms with Crippen molar-refractivity contribution in [3.8, 4) is 16.9 Å². The summed E-state index contributed by atoms with van der Waals surface area (Å²) >= 11 is 6.13. The number of hydrogen-bond donors (Lipinski definition) is 2. The Kier molecular flexibility index (Phi) is 4.50. The minimum atomic E-state index is -1.96. The highest BCUT2D eigenvalue weighted by Crippen LogP contribution is 2.30. The summed E-state index contributed by atoms with van der Waals surface area (Å²) in [6, 6.07) is 14.9. The van der Waals surface area contributed by atoms with Gasteiger partial charge < -0.3 is 14.9 Å². The minimum absolute atomic E-state index is 0.331. The second kappa shape index (κ2) is 6.16. The molecule has 0 amide bonds. The Morgan fingerprint density at radius 3 is 2.43 bits per heavy atom. The zero-order valence-corrected chi connectivity index (χ0v) is 12.2. The van der Waals surface area contributed by atoms with Gasteiger partial charge in [0.15, 0.2) is 5.60 Å². The van der Waals surface area contributed by atoms with Gasteiger partial charge in [0.2, 0.25) is 0 Å². The van der Waals surface area contributed by atoms with Gasteiger partial charge in [-0.25, -0.2) is 4.79 Å². The Balaban J connectivity index is 2.15. The third-order valence-electron chi connectivity index (χ3n) is 3.01. The van der Waals surface area contributed by atoms with Crippen LogP contribution in [0.2, 0.25) is 5.02 Å². The highest BCUT2D eigenvalue weighted by Gasteiger charge is 2.31. The Labute approximate surface area is 127 Å². The summed E-state index contributed by atoms with van der Waals surface area (Å²) in [4.78, 5) is 10.8. The molecule has 2 aromatic carbocycles. The van der Waals surface area contributed by atoms with E-state index in [1.807, 2.05) is 36.4 Å². The standard InChI is InChI=1S/C16H15ClO4/c1-16(20,15(18)19)10-21-14-8-7-12(9-13(14)17)11-5-3-2-4-6-11/h2-9,20H,10H2,1H3,(H,18,19). The Bertz CT molecular complexity index is 638. The molecule has 0 spiro atoms. The normalized spacial score (nSPS) is 13.5. The van der Waals surface area contributed by atoms with Crippen LogP contribution in [0.25, 0.3) is 11.1 Å². The highest BCUT2D eigenvalue weighted by atomic mass is 35.5. The quantitative estimate of drug-likeness (QED) is 0.890. The van der Waals surface area contributed by atoms with E-state index in [4.69, 9.17) is 21.4 Å². The van der Waals surface area contributed by atoms with Gasteiger partial charge in [-0.2, -0.15) is 0 Å². The molecule has 0 bridgehead atoms. The molecule has 5 heteroatoms. The predicted molar refractivity (Wildman–Crippen MR) is 80.6 cm³/mol. The van der Waals surface area contributed by atoms with Crippen LogP contribution >= 0.6 is 11.6 Å². The van der Waals surface area contributed by atoms with Gasteiger partial charge in [0.1, 0.15) is 12.4 Å². The lowest BCUT2D eigenvalue weighted by Crippen LogP contribution is -2.41. The molecule has 1 atom stereocenters. The number of carboxylic acids is 1. The van der Waals surface area contributed by atoms with Crippen molar-refractivity contribution < 1.29 is 19.7 Å². The zero-order valence-electron chi connectivity index (χ0n) is 11.4. The molecule has 0 fully saturated rings. The summed E-state index contributed by atoms with van der Waals surface area (Å²) in [5, 5.41) is 18.8. The summed E-state index contributed by atoms with van der Waals surface area (Å²) in [5.41, 5.74) is -0.0111. The van der Waals surface area contributed by atoms with E-state index >= 15 is 0 Å². The molecule has 0 aromatic heterocycles. The molecule has 0 saturated carbocycles. The van der Waals surface area contributed by atoms with Crippen LogP contribution in [0.1, 0.15) is 6.92 Å². The second-order valence-corrected chi connectivity index (χ2v) is 5.29. The first-order valence-corrected chi connectivity index (χ1v) is 6.71. The maximum Gasteiger partial charge on any atom is 0.339 e. The van der Waals surface area contributed by atoms with Gasteiger partial charge in [-0.15, -0.1) is 0 Å². The molecule has 0 saturated heterocycles. The van der Waals surface area contributed by atoms with Crippen LogP contribution in [-0.4, -0.2) is 28.4 Å². The molecule has 0 aliphatic carbocycles. The molecule has 0 heterocycles. The van der Waals surface area contributed by atoms with E-state index in [1.165, 1.54) is 6.92 Å². The van der Waals surface area contributed by atoms with Gasteiger partial charge in [-0.1, -0.05) is 48.0 Å². The van der Waals surface area contributed by atoms with Crippen molar-refractivity contribution in [3.05, 3.63) is 53.6 Å². The third-order valence-corrected chi connectivity index (χ3v) is 3.30. The first-order chi connectivity index (χ1) is 9.90. The molecular formula is C16H15ClO4. The lowest BCUT2D eigenvalue weighted by atomic mass is 10.1. The second-order valence-electron chi connectivity index (χ2n) is 4.88. The molecule has 0 aliphatic heterocycles. The molecule has 0 aliphatic rings. The van der Waals surface area contributed by atoms with Crippen molar-refractivity contribution in [2.45, 2.75) is 12.5 Å². The number of benzene rings is 2. The number of ether oxygens (including phenoxy) is 1. The lowest BCUT2D eigenvalue weighted by molar-refractivity contribution is -0.159. The van der Waals surface area contributed by atoms with Gasteiger partial charge in [0, 0.05) is 0 Å². The summed E-state index contributed by atoms with van der Waals surface area (Å²) in [6.07, 6.45) is 0. The number of rotatable bonds is 5. The monoisotopic (exact) mass is 306 g/mol. The van der Waals surface area contributed by atoms with E-state index in [0.29, 0.717) is 10.8 Å². The van der Waals surface area contributed by atoms with E-state index in [1.54, 1.807) is 12.1 Å². The first-order valence-electron chi connectivity index (χ1n) is 6.34. The van der Waals surface area contributed by atoms with Crippen LogP contribution in [0.4, 0.5) is 0 Å². The Morgan fingerprint density at radius 1 is 1.19 bits per heavy atom. The Morgan fingerprint density at radius 2 is 1.86 bits per heavy atom. The molecule has 21 heavy (non-hydrogen) atoms. The number of carboxylic acid groups (broad SMARTS) is 1. The summed E-state index contributed by atoms with van der Waals surface area (Å²) in [7, 11) is 0. The fourth-order valence-corrected chi connectivity index (χ4v) is 1.94. The molecule has 0 radical (unpaired) electrons. The third kappa shape index (κ3) is 3.74. The van der Waals surface area contributed by atoms with Crippen molar-refractivity contribution in [3.63, 3.8) is 0 Å². The number of halogens is 1. The summed E-state index contributed by atoms with van der Waals surface area (Å²) < 4.78 is 5.29. The molecule has 2 N–H and O–H groups in total. The maximum absolute atomic E-state index is 10.8. The molecule has 2 aromatic rings. The molecule has 1 unspecified atom stereocenters. The van der Waals surface area contributed by atoms with Crippen molar-refractivity contribution in [2.24, 2.45) is 0 Å². The molecule has 2 rings (SSSR count). The van der Waals surface area contributed by atoms with Crippen LogP contribution in [0.5, 0.6) is 5.75 Å². The van der Waals surface area contributed by atoms with Crippen LogP contribution in [0.3, 0.4) is 0 Å². The van der Waals surface area contributed by atoms with E-state index < -0.39 is 11.6 Å². The predicted octanol–water partition coefficient (Wildman–Crippen LogP) is 3.22. The fourth-order valence-electron chi connectivity index (χ4n) is 1.71. The van der Waals surface area contributed by atoms with Crippen molar-refractivity contribution in [2.75, 3.05) is 6.61 Å². The van der Waals surface area contributed by atoms with Crippen LogP contribution < -0.4 is 4.74 Å². The fraction of sp³-hybridized carbons (Fsp3) is 0.188. The van der Waals surface area contributed by atoms with E-state index in [-0.39, 0.29) is 6.61 Å². The van der Waals surface area contributed by atoms with Crippen LogP contribution in [0.15, 0.2) is 48.5 Å². The van der Waals surface area contributed by atoms with Gasteiger partial charge in [0.05, 0.1) is 5.02 Å². The van der Waals surface area contributed by atoms with Gasteiger partial charge >= 0.3 is 5.97 Å². The topological polar surface area (TPSA) is 66.8 Å². The number of hydrogen-bond acceptors (Lipinski definition) is 3. The van der Waals surface area contributed by atoms with E-state index in [0.717, 1.165) is 11.1 Å². The van der Waals surface area contributed by atoms with Crippen molar-refractivity contribution >= 4 is 17.6 Å². The van der Waals surface area contributed by atoms with E-state index in [9.17, 15) is 9.90 Å². The average molecular weight is 307 g/mol. The summed E-state index contributed by atoms with van der Waals surface area (Å²) in [5.74, 6) is -1.02. The Hall–Kier alpha value is -2.04. The van der Waals surface area contributed by atoms with Crippen LogP contribution in [-0.2, 0) is 4.79 Å². The van der Waals surface area contributed by atoms with Gasteiger partial charge in [-0.05, 0) is 30.2 Å². The molecule has 110 valence electrons. The maximum atomic E-state index is 10.8. The largest absolute Gasteiger partial charge is 0.488 e. The highest BCUT2D eigenvalue weighted by molar-refractivity contribution is 6.32. The van der Waals surface area contributed by atoms with Crippen LogP contribution in [0, 0.1) is 0 Å². The first kappa shape index (κ1) is 15.4. The number of carbonyl (C=O) groups is 1. The lowest BCUT2D eigenvalue weighted by Gasteiger charge is -2.19. The summed E-state index contributed by atoms with van der Waals surface area (Å²) in [6.45, 7) is 0.786. The number of aliphatic carboxylic acids is 1. The van der Waals surface area contributed by atoms with Crippen molar-refractivity contribution in [1.29, 1.82) is 0 Å². The smallest absolute Gasteiger partial charge is 0.339 e. The van der Waals surface area contributed by atoms with Crippen molar-refractivity contribution in [1.82, 2.24) is 0 Å². The zero-order chi connectivity index (χ0) is 15.5. The average Bonchev–Trinajstić information content (AvgIpc) is 2.46. The number of aliphatic hydroxyl groups is 1. The SMILES string of the molecule is CC(O)(COc1ccc(-c2ccccc2)cc1Cl)C(=O)O. The van der Waals surface area contributed by atoms with Gasteiger partial charge in [0.25, 0.3) is 0 Å². The minimum Gasteiger partial charge on any atom is -0.488 e. The molecular weight excluding hydrogens is 292 g/mol. The van der Waals surface area contributed by atoms with Gasteiger partial charge in [-0.3, -0.25) is 0 Å². The molecule has 4 nitrogen and oxygen atoms in total. The van der Waals surface area contributed by atoms with E-state index in [2.05, 4.69) is 0 Å².